The smallest absolute Gasteiger partial charge is 0.330 e. The molecule has 0 spiro atoms. The molecule has 1 aromatic rings. The van der Waals surface area contributed by atoms with Gasteiger partial charge >= 0.3 is 11.9 Å². The maximum Gasteiger partial charge on any atom is 0.330 e. The number of aliphatic hydroxyl groups is 1. The lowest BCUT2D eigenvalue weighted by Crippen LogP contribution is -2.67. The minimum atomic E-state index is -0.787. The number of carboxylic acids is 1. The molecule has 47 heavy (non-hydrogen) atoms. The maximum atomic E-state index is 13.5. The molecule has 6 rings (SSSR count). The molecule has 0 amide bonds. The van der Waals surface area contributed by atoms with Crippen molar-refractivity contribution in [2.75, 3.05) is 13.7 Å². The van der Waals surface area contributed by atoms with Gasteiger partial charge in [0, 0.05) is 11.5 Å². The minimum Gasteiger partial charge on any atom is -0.504 e. The Labute approximate surface area is 280 Å². The van der Waals surface area contributed by atoms with Gasteiger partial charge in [0.25, 0.3) is 0 Å². The zero-order valence-corrected chi connectivity index (χ0v) is 29.5. The van der Waals surface area contributed by atoms with Crippen LogP contribution in [0.1, 0.15) is 105 Å². The SMILES string of the molecule is COc1cc(/C=C\C(=O)OC[C@@]23CC[C@@]4(C(=O)O)CC[C@@H](C)[C@H](C)[C@H]4C2=CCC2[C@@]4(C)CC[C@H](O)C(C)(C)C4CC[C@]23C)ccc1O. The molecule has 3 N–H and O–H groups in total. The first-order chi connectivity index (χ1) is 22.1. The van der Waals surface area contributed by atoms with Crippen LogP contribution in [0.2, 0.25) is 0 Å². The number of carboxylic acid groups (broad SMARTS) is 1. The average molecular weight is 649 g/mol. The summed E-state index contributed by atoms with van der Waals surface area (Å²) in [5.74, 6) is 0.499. The van der Waals surface area contributed by atoms with Crippen LogP contribution in [0, 0.1) is 56.7 Å². The number of aliphatic carboxylic acids is 1. The molecule has 0 aliphatic heterocycles. The summed E-state index contributed by atoms with van der Waals surface area (Å²) in [6.07, 6.45) is 12.7. The zero-order chi connectivity index (χ0) is 34.2. The van der Waals surface area contributed by atoms with Crippen molar-refractivity contribution >= 4 is 18.0 Å². The second kappa shape index (κ2) is 11.7. The summed E-state index contributed by atoms with van der Waals surface area (Å²) < 4.78 is 11.5. The first-order valence-electron chi connectivity index (χ1n) is 17.9. The van der Waals surface area contributed by atoms with Crippen LogP contribution in [-0.4, -0.2) is 47.1 Å². The molecule has 10 atom stereocenters. The highest BCUT2D eigenvalue weighted by molar-refractivity contribution is 5.87. The molecule has 258 valence electrons. The number of carbonyl (C=O) groups is 2. The standard InChI is InChI=1S/C40H56O7/c1-24-14-19-39(35(44)45)20-21-40(23-47-33(43)13-9-26-8-11-28(41)29(22-26)46-7)27(34(39)25(24)2)10-12-31-37(5)17-16-32(42)36(3,4)30(37)15-18-38(31,40)6/h8-11,13,22,24-25,30-32,34,41-42H,12,14-21,23H2,1-7H3,(H,44,45)/b13-9-/t24-,25+,30?,31?,32+,34+,37+,38-,39+,40+/m1/s1. The van der Waals surface area contributed by atoms with E-state index in [2.05, 4.69) is 47.6 Å². The van der Waals surface area contributed by atoms with Gasteiger partial charge in [-0.1, -0.05) is 59.3 Å². The number of ether oxygens (including phenoxy) is 2. The molecule has 0 bridgehead atoms. The van der Waals surface area contributed by atoms with Gasteiger partial charge in [-0.3, -0.25) is 4.79 Å². The summed E-state index contributed by atoms with van der Waals surface area (Å²) in [7, 11) is 1.49. The van der Waals surface area contributed by atoms with E-state index in [1.54, 1.807) is 18.2 Å². The molecule has 5 aliphatic rings. The quantitative estimate of drug-likeness (QED) is 0.163. The first kappa shape index (κ1) is 34.1. The highest BCUT2D eigenvalue weighted by Gasteiger charge is 2.71. The molecule has 0 heterocycles. The van der Waals surface area contributed by atoms with E-state index in [9.17, 15) is 24.9 Å². The lowest BCUT2D eigenvalue weighted by atomic mass is 9.33. The van der Waals surface area contributed by atoms with Gasteiger partial charge in [0.1, 0.15) is 6.61 Å². The Hall–Kier alpha value is -2.80. The van der Waals surface area contributed by atoms with E-state index >= 15 is 0 Å². The number of benzene rings is 1. The number of hydrogen-bond donors (Lipinski definition) is 3. The fraction of sp³-hybridized carbons (Fsp3) is 0.700. The lowest BCUT2D eigenvalue weighted by Gasteiger charge is -2.71. The van der Waals surface area contributed by atoms with Crippen LogP contribution >= 0.6 is 0 Å². The summed E-state index contributed by atoms with van der Waals surface area (Å²) in [6.45, 7) is 14.1. The summed E-state index contributed by atoms with van der Waals surface area (Å²) in [4.78, 5) is 26.7. The van der Waals surface area contributed by atoms with Gasteiger partial charge in [0.05, 0.1) is 18.6 Å². The van der Waals surface area contributed by atoms with E-state index < -0.39 is 22.8 Å². The number of phenols is 1. The number of phenolic OH excluding ortho intramolecular Hbond substituents is 1. The molecule has 0 radical (unpaired) electrons. The number of aromatic hydroxyl groups is 1. The highest BCUT2D eigenvalue weighted by Crippen LogP contribution is 2.76. The average Bonchev–Trinajstić information content (AvgIpc) is 3.03. The first-order valence-corrected chi connectivity index (χ1v) is 17.9. The molecule has 5 aliphatic carbocycles. The van der Waals surface area contributed by atoms with Crippen molar-refractivity contribution in [2.45, 2.75) is 105 Å². The Morgan fingerprint density at radius 2 is 1.72 bits per heavy atom. The molecular weight excluding hydrogens is 592 g/mol. The monoisotopic (exact) mass is 648 g/mol. The topological polar surface area (TPSA) is 113 Å². The molecule has 2 unspecified atom stereocenters. The second-order valence-electron chi connectivity index (χ2n) is 17.1. The van der Waals surface area contributed by atoms with E-state index in [0.717, 1.165) is 38.5 Å². The van der Waals surface area contributed by atoms with Crippen LogP contribution in [0.25, 0.3) is 6.08 Å². The summed E-state index contributed by atoms with van der Waals surface area (Å²) in [5.41, 5.74) is 0.329. The van der Waals surface area contributed by atoms with Crippen molar-refractivity contribution in [1.82, 2.24) is 0 Å². The molecule has 1 aromatic carbocycles. The van der Waals surface area contributed by atoms with Gasteiger partial charge in [0.15, 0.2) is 11.5 Å². The fourth-order valence-electron chi connectivity index (χ4n) is 12.2. The van der Waals surface area contributed by atoms with E-state index in [1.165, 1.54) is 24.8 Å². The summed E-state index contributed by atoms with van der Waals surface area (Å²) in [5, 5.41) is 32.0. The van der Waals surface area contributed by atoms with Gasteiger partial charge in [-0.05, 0) is 127 Å². The normalized spacial score (nSPS) is 42.3. The number of hydrogen-bond acceptors (Lipinski definition) is 6. The molecule has 7 nitrogen and oxygen atoms in total. The van der Waals surface area contributed by atoms with Crippen LogP contribution < -0.4 is 4.74 Å². The van der Waals surface area contributed by atoms with Crippen LogP contribution in [0.4, 0.5) is 0 Å². The van der Waals surface area contributed by atoms with Crippen molar-refractivity contribution in [3.05, 3.63) is 41.5 Å². The van der Waals surface area contributed by atoms with Crippen molar-refractivity contribution < 1.29 is 34.4 Å². The van der Waals surface area contributed by atoms with E-state index in [4.69, 9.17) is 9.47 Å². The molecule has 0 aromatic heterocycles. The third-order valence-corrected chi connectivity index (χ3v) is 15.1. The fourth-order valence-corrected chi connectivity index (χ4v) is 12.2. The van der Waals surface area contributed by atoms with E-state index in [1.807, 2.05) is 0 Å². The van der Waals surface area contributed by atoms with Gasteiger partial charge in [-0.2, -0.15) is 0 Å². The van der Waals surface area contributed by atoms with Gasteiger partial charge in [-0.15, -0.1) is 0 Å². The maximum absolute atomic E-state index is 13.5. The van der Waals surface area contributed by atoms with Gasteiger partial charge < -0.3 is 24.8 Å². The Bertz CT molecular complexity index is 1480. The lowest BCUT2D eigenvalue weighted by molar-refractivity contribution is -0.218. The number of aliphatic hydroxyl groups excluding tert-OH is 1. The third-order valence-electron chi connectivity index (χ3n) is 15.1. The minimum absolute atomic E-state index is 0.0133. The van der Waals surface area contributed by atoms with Crippen LogP contribution in [0.3, 0.4) is 0 Å². The number of allylic oxidation sites excluding steroid dienone is 1. The largest absolute Gasteiger partial charge is 0.504 e. The Morgan fingerprint density at radius 1 is 0.979 bits per heavy atom. The van der Waals surface area contributed by atoms with E-state index in [-0.39, 0.29) is 46.5 Å². The summed E-state index contributed by atoms with van der Waals surface area (Å²) >= 11 is 0. The number of carbonyl (C=O) groups excluding carboxylic acids is 1. The van der Waals surface area contributed by atoms with Crippen LogP contribution in [0.15, 0.2) is 35.9 Å². The molecule has 4 saturated carbocycles. The molecule has 7 heteroatoms. The Balaban J connectivity index is 1.40. The predicted molar refractivity (Wildman–Crippen MR) is 182 cm³/mol. The Kier molecular flexibility index (Phi) is 8.46. The summed E-state index contributed by atoms with van der Waals surface area (Å²) in [6, 6.07) is 4.92. The third kappa shape index (κ3) is 4.91. The number of esters is 1. The predicted octanol–water partition coefficient (Wildman–Crippen LogP) is 8.04. The zero-order valence-electron chi connectivity index (χ0n) is 29.5. The second-order valence-corrected chi connectivity index (χ2v) is 17.1. The number of methoxy groups -OCH3 is 1. The van der Waals surface area contributed by atoms with Crippen molar-refractivity contribution in [2.24, 2.45) is 56.7 Å². The van der Waals surface area contributed by atoms with Crippen molar-refractivity contribution in [3.8, 4) is 11.5 Å². The van der Waals surface area contributed by atoms with Crippen molar-refractivity contribution in [1.29, 1.82) is 0 Å². The van der Waals surface area contributed by atoms with Crippen LogP contribution in [-0.2, 0) is 14.3 Å². The van der Waals surface area contributed by atoms with Crippen molar-refractivity contribution in [3.63, 3.8) is 0 Å². The highest BCUT2D eigenvalue weighted by atomic mass is 16.5. The van der Waals surface area contributed by atoms with Gasteiger partial charge in [-0.25, -0.2) is 4.79 Å². The van der Waals surface area contributed by atoms with Crippen LogP contribution in [0.5, 0.6) is 11.5 Å². The molecular formula is C40H56O7. The van der Waals surface area contributed by atoms with E-state index in [0.29, 0.717) is 48.3 Å². The molecule has 4 fully saturated rings. The number of rotatable bonds is 6. The van der Waals surface area contributed by atoms with Gasteiger partial charge in [0.2, 0.25) is 0 Å². The molecule has 0 saturated heterocycles. The Morgan fingerprint density at radius 3 is 2.43 bits per heavy atom. The number of fused-ring (bicyclic) bond motifs is 7.